The van der Waals surface area contributed by atoms with E-state index in [0.29, 0.717) is 5.92 Å². The van der Waals surface area contributed by atoms with Gasteiger partial charge in [-0.2, -0.15) is 0 Å². The molecule has 0 saturated heterocycles. The fourth-order valence-corrected chi connectivity index (χ4v) is 7.17. The van der Waals surface area contributed by atoms with E-state index < -0.39 is 0 Å². The number of rotatable bonds is 9. The summed E-state index contributed by atoms with van der Waals surface area (Å²) in [6, 6.07) is 27.4. The quantitative estimate of drug-likeness (QED) is 0.0895. The molecule has 0 spiro atoms. The van der Waals surface area contributed by atoms with Crippen LogP contribution in [0.15, 0.2) is 84.9 Å². The normalized spacial score (nSPS) is 12.4. The number of allylic oxidation sites excluding steroid dienone is 2. The van der Waals surface area contributed by atoms with Gasteiger partial charge in [0.2, 0.25) is 0 Å². The number of hydrogen-bond acceptors (Lipinski definition) is 5. The van der Waals surface area contributed by atoms with Crippen molar-refractivity contribution >= 4 is 59.0 Å². The number of aliphatic hydroxyl groups excluding tert-OH is 1. The van der Waals surface area contributed by atoms with Crippen LogP contribution in [0.4, 0.5) is 0 Å². The maximum Gasteiger partial charge on any atom is 0.164 e. The predicted octanol–water partition coefficient (Wildman–Crippen LogP) is 12.4. The number of nitrogens with zero attached hydrogens (tertiary/aromatic N) is 2. The smallest absolute Gasteiger partial charge is 0.164 e. The van der Waals surface area contributed by atoms with E-state index in [1.165, 1.54) is 43.3 Å². The summed E-state index contributed by atoms with van der Waals surface area (Å²) in [6.07, 6.45) is 6.44. The van der Waals surface area contributed by atoms with Gasteiger partial charge in [-0.15, -0.1) is 34.6 Å². The molecule has 4 aromatic carbocycles. The Morgan fingerprint density at radius 3 is 2.04 bits per heavy atom. The average Bonchev–Trinajstić information content (AvgIpc) is 3.47. The molecule has 1 radical (unpaired) electrons. The maximum atomic E-state index is 12.2. The number of benzene rings is 4. The molecule has 2 aromatic heterocycles. The third kappa shape index (κ3) is 7.13. The summed E-state index contributed by atoms with van der Waals surface area (Å²) in [6.45, 7) is 16.5. The average molecular weight is 836 g/mol. The summed E-state index contributed by atoms with van der Waals surface area (Å²) in [5, 5.41) is 17.4. The zero-order chi connectivity index (χ0) is 33.9. The largest absolute Gasteiger partial charge is 0.512 e. The summed E-state index contributed by atoms with van der Waals surface area (Å²) in [5.41, 5.74) is 2.73. The molecular formula is C42H47IrN2O2S-. The van der Waals surface area contributed by atoms with Crippen molar-refractivity contribution in [1.29, 1.82) is 0 Å². The Labute approximate surface area is 303 Å². The maximum absolute atomic E-state index is 12.2. The van der Waals surface area contributed by atoms with Crippen molar-refractivity contribution in [3.8, 4) is 11.3 Å². The topological polar surface area (TPSA) is 63.1 Å². The Hall–Kier alpha value is -3.44. The molecule has 0 unspecified atom stereocenters. The minimum atomic E-state index is -0.337. The number of carbonyl (C=O) groups excluding carboxylic acids is 1. The van der Waals surface area contributed by atoms with Gasteiger partial charge in [-0.05, 0) is 54.0 Å². The summed E-state index contributed by atoms with van der Waals surface area (Å²) < 4.78 is 1.24. The molecule has 0 fully saturated rings. The van der Waals surface area contributed by atoms with Crippen LogP contribution in [0.3, 0.4) is 0 Å². The number of aliphatic hydroxyl groups is 1. The van der Waals surface area contributed by atoms with Crippen molar-refractivity contribution in [3.63, 3.8) is 0 Å². The minimum absolute atomic E-state index is 0. The first-order valence-electron chi connectivity index (χ1n) is 16.9. The van der Waals surface area contributed by atoms with E-state index >= 15 is 0 Å². The van der Waals surface area contributed by atoms with Gasteiger partial charge in [-0.1, -0.05) is 121 Å². The SMILES string of the molecule is CC(C)c1c[c-]c(-c2ncnc3sc4cc5ccccc5cc4c23)c2ccccc12.CCC(C)(CC)C(=O)/C=C(\O)C(C)(CC)CC.[Ir]. The van der Waals surface area contributed by atoms with E-state index in [9.17, 15) is 9.90 Å². The van der Waals surface area contributed by atoms with Crippen LogP contribution in [0.5, 0.6) is 0 Å². The van der Waals surface area contributed by atoms with Crippen LogP contribution >= 0.6 is 11.3 Å². The van der Waals surface area contributed by atoms with Crippen LogP contribution in [0.25, 0.3) is 53.1 Å². The predicted molar refractivity (Wildman–Crippen MR) is 201 cm³/mol. The standard InChI is InChI=1S/C27H19N2S.C15H28O2.Ir/c1-16(2)19-11-12-22(21-10-6-5-9-20(19)21)26-25-23-13-17-7-3-4-8-18(17)14-24(23)30-27(25)29-15-28-26;1-7-14(5,8-2)12(16)11-13(17)15(6,9-3)10-4;/h3-11,13-16H,1-2H3;11,16H,7-10H2,1-6H3;/q-1;;/b;12-11-;. The third-order valence-corrected chi connectivity index (χ3v) is 11.5. The van der Waals surface area contributed by atoms with Gasteiger partial charge in [0.25, 0.3) is 0 Å². The molecule has 6 heteroatoms. The van der Waals surface area contributed by atoms with Gasteiger partial charge in [-0.25, -0.2) is 4.98 Å². The summed E-state index contributed by atoms with van der Waals surface area (Å²) in [5.74, 6) is 0.729. The molecule has 2 heterocycles. The molecule has 0 atom stereocenters. The van der Waals surface area contributed by atoms with E-state index in [1.807, 2.05) is 41.5 Å². The van der Waals surface area contributed by atoms with Gasteiger partial charge in [0.15, 0.2) is 5.78 Å². The number of hydrogen-bond donors (Lipinski definition) is 1. The number of thiophene rings is 1. The van der Waals surface area contributed by atoms with E-state index in [2.05, 4.69) is 91.6 Å². The minimum Gasteiger partial charge on any atom is -0.512 e. The van der Waals surface area contributed by atoms with Gasteiger partial charge in [0, 0.05) is 52.8 Å². The van der Waals surface area contributed by atoms with Crippen LogP contribution in [-0.4, -0.2) is 20.9 Å². The first-order chi connectivity index (χ1) is 22.5. The van der Waals surface area contributed by atoms with Crippen molar-refractivity contribution in [2.45, 2.75) is 87.0 Å². The Bertz CT molecular complexity index is 2090. The summed E-state index contributed by atoms with van der Waals surface area (Å²) in [7, 11) is 0. The second-order valence-corrected chi connectivity index (χ2v) is 14.5. The molecule has 6 aromatic rings. The third-order valence-electron chi connectivity index (χ3n) is 10.5. The van der Waals surface area contributed by atoms with Crippen LogP contribution in [-0.2, 0) is 24.9 Å². The summed E-state index contributed by atoms with van der Waals surface area (Å²) >= 11 is 1.73. The van der Waals surface area contributed by atoms with E-state index in [4.69, 9.17) is 4.98 Å². The molecule has 0 bridgehead atoms. The summed E-state index contributed by atoms with van der Waals surface area (Å²) in [4.78, 5) is 22.6. The van der Waals surface area contributed by atoms with E-state index in [-0.39, 0.29) is 42.5 Å². The first-order valence-corrected chi connectivity index (χ1v) is 17.8. The van der Waals surface area contributed by atoms with Gasteiger partial charge < -0.3 is 5.11 Å². The van der Waals surface area contributed by atoms with E-state index in [0.717, 1.165) is 47.2 Å². The number of fused-ring (bicyclic) bond motifs is 5. The van der Waals surface area contributed by atoms with Gasteiger partial charge in [0.05, 0.1) is 0 Å². The zero-order valence-corrected chi connectivity index (χ0v) is 32.6. The van der Waals surface area contributed by atoms with E-state index in [1.54, 1.807) is 17.7 Å². The zero-order valence-electron chi connectivity index (χ0n) is 29.4. The molecule has 4 nitrogen and oxygen atoms in total. The Morgan fingerprint density at radius 1 is 0.854 bits per heavy atom. The number of ketones is 1. The fourth-order valence-electron chi connectivity index (χ4n) is 6.10. The molecule has 0 aliphatic rings. The monoisotopic (exact) mass is 836 g/mol. The van der Waals surface area contributed by atoms with Gasteiger partial charge in [-0.3, -0.25) is 9.78 Å². The second kappa shape index (κ2) is 15.4. The van der Waals surface area contributed by atoms with Crippen LogP contribution in [0.1, 0.15) is 92.6 Å². The van der Waals surface area contributed by atoms with Crippen molar-refractivity contribution in [2.24, 2.45) is 10.8 Å². The molecule has 0 aliphatic carbocycles. The van der Waals surface area contributed by atoms with Gasteiger partial charge >= 0.3 is 0 Å². The van der Waals surface area contributed by atoms with Gasteiger partial charge in [0.1, 0.15) is 16.9 Å². The Morgan fingerprint density at radius 2 is 1.44 bits per heavy atom. The van der Waals surface area contributed by atoms with Crippen LogP contribution in [0, 0.1) is 16.9 Å². The molecule has 1 N–H and O–H groups in total. The first kappa shape index (κ1) is 37.4. The number of aromatic nitrogens is 2. The molecule has 0 amide bonds. The molecule has 253 valence electrons. The Balaban J connectivity index is 0.000000251. The Kier molecular flexibility index (Phi) is 12.0. The molecule has 0 aliphatic heterocycles. The van der Waals surface area contributed by atoms with Crippen molar-refractivity contribution < 1.29 is 30.0 Å². The molecular weight excluding hydrogens is 789 g/mol. The van der Waals surface area contributed by atoms with Crippen LogP contribution in [0.2, 0.25) is 0 Å². The number of carbonyl (C=O) groups is 1. The fraction of sp³-hybridized carbons (Fsp3) is 0.357. The second-order valence-electron chi connectivity index (χ2n) is 13.4. The van der Waals surface area contributed by atoms with Crippen molar-refractivity contribution in [2.75, 3.05) is 0 Å². The molecule has 6 rings (SSSR count). The molecule has 48 heavy (non-hydrogen) atoms. The van der Waals surface area contributed by atoms with Crippen molar-refractivity contribution in [1.82, 2.24) is 9.97 Å². The van der Waals surface area contributed by atoms with Crippen molar-refractivity contribution in [3.05, 3.63) is 96.5 Å². The van der Waals surface area contributed by atoms with Crippen LogP contribution < -0.4 is 0 Å². The molecule has 0 saturated carbocycles.